The lowest BCUT2D eigenvalue weighted by atomic mass is 9.98. The summed E-state index contributed by atoms with van der Waals surface area (Å²) in [4.78, 5) is 11.1. The zero-order valence-corrected chi connectivity index (χ0v) is 6.12. The molecule has 2 rings (SSSR count). The van der Waals surface area contributed by atoms with Gasteiger partial charge < -0.3 is 9.84 Å². The Morgan fingerprint density at radius 2 is 2.36 bits per heavy atom. The molecule has 0 radical (unpaired) electrons. The fourth-order valence-corrected chi connectivity index (χ4v) is 1.87. The van der Waals surface area contributed by atoms with Gasteiger partial charge in [0.2, 0.25) is 0 Å². The molecule has 1 heterocycles. The van der Waals surface area contributed by atoms with Crippen LogP contribution in [0, 0.1) is 11.8 Å². The van der Waals surface area contributed by atoms with Crippen LogP contribution in [-0.4, -0.2) is 24.1 Å². The van der Waals surface area contributed by atoms with E-state index in [0.29, 0.717) is 31.1 Å². The van der Waals surface area contributed by atoms with Crippen LogP contribution in [0.5, 0.6) is 0 Å². The molecular weight excluding hydrogens is 144 g/mol. The summed E-state index contributed by atoms with van der Waals surface area (Å²) in [5.41, 5.74) is 0.563. The molecule has 0 aromatic carbocycles. The Kier molecular flexibility index (Phi) is 1.46. The van der Waals surface area contributed by atoms with Gasteiger partial charge in [0.1, 0.15) is 0 Å². The first kappa shape index (κ1) is 6.85. The van der Waals surface area contributed by atoms with E-state index in [1.807, 2.05) is 0 Å². The zero-order valence-electron chi connectivity index (χ0n) is 6.12. The second kappa shape index (κ2) is 2.34. The average Bonchev–Trinajstić information content (AvgIpc) is 2.46. The van der Waals surface area contributed by atoms with Crippen molar-refractivity contribution in [3.05, 3.63) is 11.8 Å². The van der Waals surface area contributed by atoms with E-state index in [0.717, 1.165) is 6.26 Å². The smallest absolute Gasteiger partial charge is 0.162 e. The molecule has 1 aliphatic heterocycles. The van der Waals surface area contributed by atoms with E-state index in [9.17, 15) is 4.79 Å². The van der Waals surface area contributed by atoms with Gasteiger partial charge in [0.25, 0.3) is 0 Å². The topological polar surface area (TPSA) is 46.5 Å². The Balaban J connectivity index is 2.27. The average molecular weight is 154 g/mol. The van der Waals surface area contributed by atoms with Gasteiger partial charge in [0.15, 0.2) is 5.78 Å². The van der Waals surface area contributed by atoms with Gasteiger partial charge in [-0.3, -0.25) is 4.79 Å². The zero-order chi connectivity index (χ0) is 7.84. The van der Waals surface area contributed by atoms with Gasteiger partial charge in [-0.1, -0.05) is 0 Å². The van der Waals surface area contributed by atoms with Crippen LogP contribution < -0.4 is 0 Å². The third kappa shape index (κ3) is 0.878. The minimum absolute atomic E-state index is 0.0887. The number of fused-ring (bicyclic) bond motifs is 1. The van der Waals surface area contributed by atoms with E-state index in [1.165, 1.54) is 0 Å². The highest BCUT2D eigenvalue weighted by molar-refractivity contribution is 5.98. The Labute approximate surface area is 64.7 Å². The third-order valence-electron chi connectivity index (χ3n) is 2.51. The molecule has 1 saturated heterocycles. The van der Waals surface area contributed by atoms with Crippen LogP contribution in [-0.2, 0) is 9.53 Å². The van der Waals surface area contributed by atoms with Crippen molar-refractivity contribution in [3.8, 4) is 0 Å². The molecule has 0 bridgehead atoms. The number of carbonyl (C=O) groups is 1. The largest absolute Gasteiger partial charge is 0.515 e. The summed E-state index contributed by atoms with van der Waals surface area (Å²) in [6.45, 7) is 1.27. The highest BCUT2D eigenvalue weighted by Gasteiger charge is 2.41. The fourth-order valence-electron chi connectivity index (χ4n) is 1.87. The molecule has 1 N–H and O–H groups in total. The second-order valence-corrected chi connectivity index (χ2v) is 3.12. The van der Waals surface area contributed by atoms with Crippen LogP contribution in [0.15, 0.2) is 11.8 Å². The van der Waals surface area contributed by atoms with Crippen molar-refractivity contribution in [2.45, 2.75) is 6.42 Å². The predicted molar refractivity (Wildman–Crippen MR) is 38.1 cm³/mol. The molecule has 3 nitrogen and oxygen atoms in total. The molecule has 11 heavy (non-hydrogen) atoms. The summed E-state index contributed by atoms with van der Waals surface area (Å²) < 4.78 is 5.19. The van der Waals surface area contributed by atoms with Gasteiger partial charge in [-0.05, 0) is 5.92 Å². The fraction of sp³-hybridized carbons (Fsp3) is 0.625. The number of ether oxygens (including phenoxy) is 1. The summed E-state index contributed by atoms with van der Waals surface area (Å²) in [6, 6.07) is 0. The lowest BCUT2D eigenvalue weighted by Gasteiger charge is -2.03. The van der Waals surface area contributed by atoms with Crippen molar-refractivity contribution in [2.24, 2.45) is 11.8 Å². The first-order valence-electron chi connectivity index (χ1n) is 3.78. The molecule has 1 saturated carbocycles. The summed E-state index contributed by atoms with van der Waals surface area (Å²) in [7, 11) is 0. The molecule has 0 aromatic rings. The van der Waals surface area contributed by atoms with Gasteiger partial charge in [-0.2, -0.15) is 0 Å². The molecule has 1 aliphatic carbocycles. The van der Waals surface area contributed by atoms with Gasteiger partial charge in [-0.25, -0.2) is 0 Å². The Bertz CT molecular complexity index is 219. The minimum Gasteiger partial charge on any atom is -0.515 e. The molecule has 60 valence electrons. The molecule has 0 amide bonds. The first-order chi connectivity index (χ1) is 5.33. The monoisotopic (exact) mass is 154 g/mol. The predicted octanol–water partition coefficient (Wildman–Crippen LogP) is 0.664. The van der Waals surface area contributed by atoms with Gasteiger partial charge in [0, 0.05) is 17.9 Å². The van der Waals surface area contributed by atoms with Crippen molar-refractivity contribution in [3.63, 3.8) is 0 Å². The van der Waals surface area contributed by atoms with E-state index in [-0.39, 0.29) is 11.7 Å². The Morgan fingerprint density at radius 3 is 3.09 bits per heavy atom. The van der Waals surface area contributed by atoms with E-state index in [1.54, 1.807) is 0 Å². The van der Waals surface area contributed by atoms with Crippen molar-refractivity contribution in [1.29, 1.82) is 0 Å². The lowest BCUT2D eigenvalue weighted by Crippen LogP contribution is -2.05. The molecule has 2 unspecified atom stereocenters. The van der Waals surface area contributed by atoms with Gasteiger partial charge >= 0.3 is 0 Å². The standard InChI is InChI=1S/C8H10O3/c9-2-6-7-4-11-3-5(7)1-8(6)10/h2,5,7,9H,1,3-4H2/b6-2-. The molecular formula is C8H10O3. The van der Waals surface area contributed by atoms with E-state index in [2.05, 4.69) is 0 Å². The van der Waals surface area contributed by atoms with E-state index in [4.69, 9.17) is 9.84 Å². The lowest BCUT2D eigenvalue weighted by molar-refractivity contribution is -0.115. The maximum Gasteiger partial charge on any atom is 0.162 e. The number of hydrogen-bond donors (Lipinski definition) is 1. The molecule has 2 aliphatic rings. The molecule has 3 heteroatoms. The normalized spacial score (nSPS) is 40.0. The van der Waals surface area contributed by atoms with Crippen molar-refractivity contribution >= 4 is 5.78 Å². The number of carbonyl (C=O) groups excluding carboxylic acids is 1. The van der Waals surface area contributed by atoms with Crippen molar-refractivity contribution < 1.29 is 14.6 Å². The SMILES string of the molecule is O=C1CC2COCC2/C1=C/O. The molecule has 0 aromatic heterocycles. The van der Waals surface area contributed by atoms with Crippen LogP contribution in [0.4, 0.5) is 0 Å². The van der Waals surface area contributed by atoms with Crippen molar-refractivity contribution in [2.75, 3.05) is 13.2 Å². The number of aliphatic hydroxyl groups is 1. The number of hydrogen-bond acceptors (Lipinski definition) is 3. The number of Topliss-reactive ketones (excluding diaryl/α,β-unsaturated/α-hetero) is 1. The summed E-state index contributed by atoms with van der Waals surface area (Å²) in [5.74, 6) is 0.596. The van der Waals surface area contributed by atoms with Crippen LogP contribution in [0.3, 0.4) is 0 Å². The molecule has 2 fully saturated rings. The minimum atomic E-state index is 0.0887. The van der Waals surface area contributed by atoms with Crippen LogP contribution in [0.2, 0.25) is 0 Å². The maximum absolute atomic E-state index is 11.1. The van der Waals surface area contributed by atoms with Crippen molar-refractivity contribution in [1.82, 2.24) is 0 Å². The first-order valence-corrected chi connectivity index (χ1v) is 3.78. The second-order valence-electron chi connectivity index (χ2n) is 3.12. The summed E-state index contributed by atoms with van der Waals surface area (Å²) in [6.07, 6.45) is 1.50. The Hall–Kier alpha value is -0.830. The number of aliphatic hydroxyl groups excluding tert-OH is 1. The molecule has 2 atom stereocenters. The van der Waals surface area contributed by atoms with E-state index < -0.39 is 0 Å². The number of rotatable bonds is 0. The summed E-state index contributed by atoms with van der Waals surface area (Å²) >= 11 is 0. The van der Waals surface area contributed by atoms with Crippen LogP contribution in [0.25, 0.3) is 0 Å². The van der Waals surface area contributed by atoms with E-state index >= 15 is 0 Å². The highest BCUT2D eigenvalue weighted by Crippen LogP contribution is 2.37. The quantitative estimate of drug-likeness (QED) is 0.412. The van der Waals surface area contributed by atoms with Gasteiger partial charge in [0.05, 0.1) is 19.5 Å². The number of ketones is 1. The van der Waals surface area contributed by atoms with Crippen LogP contribution >= 0.6 is 0 Å². The maximum atomic E-state index is 11.1. The van der Waals surface area contributed by atoms with Crippen LogP contribution in [0.1, 0.15) is 6.42 Å². The van der Waals surface area contributed by atoms with Gasteiger partial charge in [-0.15, -0.1) is 0 Å². The molecule has 0 spiro atoms. The third-order valence-corrected chi connectivity index (χ3v) is 2.51. The highest BCUT2D eigenvalue weighted by atomic mass is 16.5. The summed E-state index contributed by atoms with van der Waals surface area (Å²) in [5, 5.41) is 8.75. The Morgan fingerprint density at radius 1 is 1.55 bits per heavy atom.